The normalized spacial score (nSPS) is 13.2. The average Bonchev–Trinajstić information content (AvgIpc) is 2.28. The zero-order valence-corrected chi connectivity index (χ0v) is 11.2. The lowest BCUT2D eigenvalue weighted by atomic mass is 10.2. The van der Waals surface area contributed by atoms with Crippen LogP contribution >= 0.6 is 11.6 Å². The van der Waals surface area contributed by atoms with Crippen LogP contribution in [0.5, 0.6) is 0 Å². The fourth-order valence-electron chi connectivity index (χ4n) is 1.39. The Morgan fingerprint density at radius 1 is 1.39 bits per heavy atom. The molecule has 0 fully saturated rings. The summed E-state index contributed by atoms with van der Waals surface area (Å²) in [6.07, 6.45) is 0. The summed E-state index contributed by atoms with van der Waals surface area (Å²) in [5.74, 6) is -1.77. The quantitative estimate of drug-likeness (QED) is 0.856. The number of halogens is 1. The predicted molar refractivity (Wildman–Crippen MR) is 67.4 cm³/mol. The molecule has 1 aromatic carbocycles. The minimum Gasteiger partial charge on any atom is -0.480 e. The summed E-state index contributed by atoms with van der Waals surface area (Å²) in [6, 6.07) is 6.20. The van der Waals surface area contributed by atoms with Gasteiger partial charge in [-0.1, -0.05) is 23.7 Å². The molecule has 0 aromatic heterocycles. The number of ether oxygens (including phenoxy) is 1. The molecule has 0 amide bonds. The first-order chi connectivity index (χ1) is 8.36. The van der Waals surface area contributed by atoms with Crippen LogP contribution in [-0.4, -0.2) is 38.5 Å². The Hall–Kier alpha value is -1.11. The molecule has 1 rings (SSSR count). The molecule has 0 aliphatic carbocycles. The van der Waals surface area contributed by atoms with E-state index in [0.29, 0.717) is 10.6 Å². The lowest BCUT2D eigenvalue weighted by Gasteiger charge is -2.12. The number of carboxylic acids is 1. The van der Waals surface area contributed by atoms with Crippen LogP contribution in [0.3, 0.4) is 0 Å². The maximum absolute atomic E-state index is 11.9. The number of carboxylic acid groups (broad SMARTS) is 1. The summed E-state index contributed by atoms with van der Waals surface area (Å²) in [5.41, 5.74) is 0.488. The number of aliphatic carboxylic acids is 1. The van der Waals surface area contributed by atoms with Gasteiger partial charge in [-0.3, -0.25) is 4.79 Å². The molecule has 1 atom stereocenters. The van der Waals surface area contributed by atoms with E-state index in [1.54, 1.807) is 24.3 Å². The Labute approximate surface area is 110 Å². The molecule has 18 heavy (non-hydrogen) atoms. The van der Waals surface area contributed by atoms with Gasteiger partial charge in [0.15, 0.2) is 15.1 Å². The highest BCUT2D eigenvalue weighted by atomic mass is 35.5. The maximum Gasteiger partial charge on any atom is 0.324 e. The smallest absolute Gasteiger partial charge is 0.324 e. The van der Waals surface area contributed by atoms with Crippen molar-refractivity contribution in [2.45, 2.75) is 11.0 Å². The molecular formula is C11H13ClO5S. The van der Waals surface area contributed by atoms with E-state index in [0.717, 1.165) is 0 Å². The molecule has 5 nitrogen and oxygen atoms in total. The molecule has 0 aliphatic rings. The molecule has 7 heteroatoms. The number of carbonyl (C=O) groups is 1. The van der Waals surface area contributed by atoms with E-state index in [1.165, 1.54) is 7.11 Å². The average molecular weight is 293 g/mol. The van der Waals surface area contributed by atoms with Crippen molar-refractivity contribution in [3.8, 4) is 0 Å². The van der Waals surface area contributed by atoms with Crippen LogP contribution in [0.2, 0.25) is 5.02 Å². The van der Waals surface area contributed by atoms with E-state index >= 15 is 0 Å². The Morgan fingerprint density at radius 3 is 2.39 bits per heavy atom. The summed E-state index contributed by atoms with van der Waals surface area (Å²) in [6.45, 7) is -0.370. The molecule has 1 unspecified atom stereocenters. The number of sulfone groups is 1. The van der Waals surface area contributed by atoms with Crippen LogP contribution in [-0.2, 0) is 25.1 Å². The molecule has 100 valence electrons. The first-order valence-corrected chi connectivity index (χ1v) is 7.14. The Balaban J connectivity index is 2.92. The lowest BCUT2D eigenvalue weighted by Crippen LogP contribution is -2.35. The standard InChI is InChI=1S/C11H13ClO5S/c1-17-6-10(11(13)14)18(15,16)7-8-2-4-9(12)5-3-8/h2-5,10H,6-7H2,1H3,(H,13,14). The summed E-state index contributed by atoms with van der Waals surface area (Å²) in [7, 11) is -2.56. The van der Waals surface area contributed by atoms with Crippen molar-refractivity contribution in [3.05, 3.63) is 34.9 Å². The fourth-order valence-corrected chi connectivity index (χ4v) is 3.03. The zero-order valence-electron chi connectivity index (χ0n) is 9.67. The summed E-state index contributed by atoms with van der Waals surface area (Å²) >= 11 is 5.68. The Morgan fingerprint density at radius 2 is 1.94 bits per heavy atom. The molecular weight excluding hydrogens is 280 g/mol. The minimum atomic E-state index is -3.82. The molecule has 1 N–H and O–H groups in total. The highest BCUT2D eigenvalue weighted by Gasteiger charge is 2.32. The van der Waals surface area contributed by atoms with Gasteiger partial charge in [0.2, 0.25) is 0 Å². The molecule has 0 saturated carbocycles. The highest BCUT2D eigenvalue weighted by molar-refractivity contribution is 7.92. The van der Waals surface area contributed by atoms with E-state index in [1.807, 2.05) is 0 Å². The second-order valence-corrected chi connectivity index (χ2v) is 6.34. The van der Waals surface area contributed by atoms with Gasteiger partial charge in [0.1, 0.15) is 0 Å². The second kappa shape index (κ2) is 6.17. The third-order valence-corrected chi connectivity index (χ3v) is 4.50. The van der Waals surface area contributed by atoms with Crippen LogP contribution in [0, 0.1) is 0 Å². The Bertz CT molecular complexity index is 509. The number of benzene rings is 1. The van der Waals surface area contributed by atoms with Crippen molar-refractivity contribution < 1.29 is 23.1 Å². The monoisotopic (exact) mass is 292 g/mol. The van der Waals surface area contributed by atoms with E-state index in [4.69, 9.17) is 16.7 Å². The highest BCUT2D eigenvalue weighted by Crippen LogP contribution is 2.15. The largest absolute Gasteiger partial charge is 0.480 e. The molecule has 1 aromatic rings. The fraction of sp³-hybridized carbons (Fsp3) is 0.364. The van der Waals surface area contributed by atoms with Crippen molar-refractivity contribution in [3.63, 3.8) is 0 Å². The van der Waals surface area contributed by atoms with E-state index < -0.39 is 21.1 Å². The van der Waals surface area contributed by atoms with E-state index in [2.05, 4.69) is 4.74 Å². The number of rotatable bonds is 6. The third-order valence-electron chi connectivity index (χ3n) is 2.31. The molecule has 0 bridgehead atoms. The lowest BCUT2D eigenvalue weighted by molar-refractivity contribution is -0.137. The van der Waals surface area contributed by atoms with Gasteiger partial charge in [0.25, 0.3) is 0 Å². The van der Waals surface area contributed by atoms with Crippen LogP contribution in [0.25, 0.3) is 0 Å². The van der Waals surface area contributed by atoms with E-state index in [9.17, 15) is 13.2 Å². The van der Waals surface area contributed by atoms with Crippen molar-refractivity contribution in [2.24, 2.45) is 0 Å². The molecule has 0 heterocycles. The van der Waals surface area contributed by atoms with Gasteiger partial charge in [0, 0.05) is 12.1 Å². The first kappa shape index (κ1) is 14.9. The second-order valence-electron chi connectivity index (χ2n) is 3.72. The number of hydrogen-bond acceptors (Lipinski definition) is 4. The van der Waals surface area contributed by atoms with Gasteiger partial charge >= 0.3 is 5.97 Å². The predicted octanol–water partition coefficient (Wildman–Crippen LogP) is 1.35. The van der Waals surface area contributed by atoms with Gasteiger partial charge in [-0.25, -0.2) is 8.42 Å². The van der Waals surface area contributed by atoms with Crippen molar-refractivity contribution in [1.29, 1.82) is 0 Å². The maximum atomic E-state index is 11.9. The van der Waals surface area contributed by atoms with Crippen LogP contribution in [0.15, 0.2) is 24.3 Å². The summed E-state index contributed by atoms with van der Waals surface area (Å²) in [4.78, 5) is 10.9. The van der Waals surface area contributed by atoms with Gasteiger partial charge in [-0.05, 0) is 17.7 Å². The summed E-state index contributed by atoms with van der Waals surface area (Å²) in [5, 5.41) is 7.81. The molecule has 0 saturated heterocycles. The summed E-state index contributed by atoms with van der Waals surface area (Å²) < 4.78 is 28.5. The van der Waals surface area contributed by atoms with E-state index in [-0.39, 0.29) is 12.4 Å². The van der Waals surface area contributed by atoms with Gasteiger partial charge in [-0.15, -0.1) is 0 Å². The van der Waals surface area contributed by atoms with Gasteiger partial charge in [0.05, 0.1) is 12.4 Å². The SMILES string of the molecule is COCC(C(=O)O)S(=O)(=O)Cc1ccc(Cl)cc1. The van der Waals surface area contributed by atoms with Crippen LogP contribution < -0.4 is 0 Å². The van der Waals surface area contributed by atoms with Crippen molar-refractivity contribution >= 4 is 27.4 Å². The van der Waals surface area contributed by atoms with Crippen molar-refractivity contribution in [2.75, 3.05) is 13.7 Å². The zero-order chi connectivity index (χ0) is 13.8. The molecule has 0 radical (unpaired) electrons. The molecule has 0 aliphatic heterocycles. The van der Waals surface area contributed by atoms with Crippen LogP contribution in [0.1, 0.15) is 5.56 Å². The van der Waals surface area contributed by atoms with Gasteiger partial charge < -0.3 is 9.84 Å². The number of methoxy groups -OCH3 is 1. The first-order valence-electron chi connectivity index (χ1n) is 5.04. The third kappa shape index (κ3) is 3.97. The minimum absolute atomic E-state index is 0.357. The van der Waals surface area contributed by atoms with Crippen LogP contribution in [0.4, 0.5) is 0 Å². The number of hydrogen-bond donors (Lipinski definition) is 1. The Kier molecular flexibility index (Phi) is 5.13. The molecule has 0 spiro atoms. The van der Waals surface area contributed by atoms with Gasteiger partial charge in [-0.2, -0.15) is 0 Å². The topological polar surface area (TPSA) is 80.7 Å². The van der Waals surface area contributed by atoms with Crippen molar-refractivity contribution in [1.82, 2.24) is 0 Å².